The molecule has 0 spiro atoms. The summed E-state index contributed by atoms with van der Waals surface area (Å²) < 4.78 is 48.4. The third kappa shape index (κ3) is 22.6. The van der Waals surface area contributed by atoms with Crippen molar-refractivity contribution in [3.8, 4) is 45.0 Å². The van der Waals surface area contributed by atoms with Crippen LogP contribution in [-0.4, -0.2) is 118 Å². The van der Waals surface area contributed by atoms with Crippen LogP contribution in [0.4, 0.5) is 32.1 Å². The Morgan fingerprint density at radius 1 is 0.381 bits per heavy atom. The van der Waals surface area contributed by atoms with Gasteiger partial charge >= 0.3 is 0 Å². The number of ether oxygens (including phenoxy) is 2. The van der Waals surface area contributed by atoms with Crippen molar-refractivity contribution in [2.24, 2.45) is 22.9 Å². The van der Waals surface area contributed by atoms with E-state index in [1.807, 2.05) is 182 Å². The smallest absolute Gasteiger partial charge is 0.254 e. The van der Waals surface area contributed by atoms with E-state index in [0.717, 1.165) is 114 Å². The molecule has 8 aromatic carbocycles. The molecular formula is C102H118F2N20O10. The summed E-state index contributed by atoms with van der Waals surface area (Å²) >= 11 is 0. The molecular weight excluding hydrogens is 1700 g/mol. The van der Waals surface area contributed by atoms with Crippen LogP contribution in [0.2, 0.25) is 0 Å². The summed E-state index contributed by atoms with van der Waals surface area (Å²) in [6, 6.07) is 52.3. The fourth-order valence-corrected chi connectivity index (χ4v) is 18.1. The van der Waals surface area contributed by atoms with Crippen molar-refractivity contribution in [1.82, 2.24) is 60.4 Å². The van der Waals surface area contributed by atoms with Gasteiger partial charge in [-0.3, -0.25) is 38.4 Å². The standard InChI is InChI=1S/C28H35N5O3.C25H28FN5O2.C25H29N5O3.C24H26FN5O2/c1-17-8-6-7-9-21(17)26(35)31-16-18-10-12-19(13-11-18)23-22(25(30)34)24(29)33(32-23)20-14-27(2,3)36-28(4,5)15-20;1-14-7-8-15(2)19(11-14)25(33)29-13-17-10-9-16(12-20(17)26)22-21(24(28)32)23(27)31(30-22)18-5-3-4-6-18;1-16-5-3-4-6-20(16)25(32)28-15-17-7-9-18(10-8-17)22-21(23(26)31)24(27-2)30(29-22)19-11-13-33-14-12-19;1-14-6-2-5-9-18(14)24(32)28-13-16-11-10-15(12-19(16)25)21-20(23(27)31)22(26)30(29-21)17-7-3-4-8-17/h6-13,20H,14-16,29H2,1-5H3,(H2,30,34)(H,31,35);7-12,18H,3-6,13,27H2,1-2H3,(H2,28,32)(H,29,33);3-10,19,27H,11-15H2,1-2H3,(H2,26,31)(H,28,32);2,5-6,9-12,17H,3-4,7-8,13,26H2,1H3,(H2,27,31)(H,28,32). The van der Waals surface area contributed by atoms with Gasteiger partial charge in [-0.1, -0.05) is 171 Å². The molecule has 6 heterocycles. The number of aryl methyl sites for hydroxylation is 5. The molecule has 2 saturated carbocycles. The molecule has 0 atom stereocenters. The lowest BCUT2D eigenvalue weighted by Crippen LogP contribution is -2.46. The molecule has 8 amide bonds. The van der Waals surface area contributed by atoms with Gasteiger partial charge in [0.2, 0.25) is 0 Å². The van der Waals surface area contributed by atoms with Gasteiger partial charge in [0, 0.05) is 102 Å². The highest BCUT2D eigenvalue weighted by Gasteiger charge is 2.42. The van der Waals surface area contributed by atoms with Crippen LogP contribution < -0.4 is 66.7 Å². The number of primary amides is 4. The van der Waals surface area contributed by atoms with Crippen molar-refractivity contribution in [2.75, 3.05) is 42.8 Å². The quantitative estimate of drug-likeness (QED) is 0.0253. The van der Waals surface area contributed by atoms with Crippen molar-refractivity contribution >= 4 is 70.5 Å². The number of nitrogen functional groups attached to an aromatic ring is 3. The monoisotopic (exact) mass is 1820 g/mol. The average molecular weight is 1820 g/mol. The van der Waals surface area contributed by atoms with Gasteiger partial charge in [-0.2, -0.15) is 20.4 Å². The van der Waals surface area contributed by atoms with Gasteiger partial charge in [0.25, 0.3) is 47.3 Å². The Hall–Kier alpha value is -14.7. The van der Waals surface area contributed by atoms with Crippen LogP contribution in [-0.2, 0) is 35.7 Å². The number of nitrogens with zero attached hydrogens (tertiary/aromatic N) is 8. The number of anilines is 4. The maximum Gasteiger partial charge on any atom is 0.254 e. The van der Waals surface area contributed by atoms with Crippen LogP contribution in [0.5, 0.6) is 0 Å². The molecule has 0 bridgehead atoms. The number of hydrogen-bond acceptors (Lipinski definition) is 18. The lowest BCUT2D eigenvalue weighted by molar-refractivity contribution is -0.170. The van der Waals surface area contributed by atoms with Crippen molar-refractivity contribution in [3.05, 3.63) is 282 Å². The van der Waals surface area contributed by atoms with E-state index in [0.29, 0.717) is 106 Å². The SMILES string of the molecule is CNc1c(C(N)=O)c(-c2ccc(CNC(=O)c3ccccc3C)cc2)nn1C1CCOCC1.Cc1ccc(C)c(C(=O)NCc2ccc(-c3nn(C4CCCC4)c(N)c3C(N)=O)cc2F)c1.Cc1ccccc1C(=O)NCc1ccc(-c2nn(C3CC(C)(C)OC(C)(C)C3)c(N)c2C(N)=O)cc1.Cc1ccccc1C(=O)NCc1ccc(-c2nn(C3CCCC3)c(N)c2C(N)=O)cc1F. The summed E-state index contributed by atoms with van der Waals surface area (Å²) in [5.41, 5.74) is 54.9. The zero-order chi connectivity index (χ0) is 96.1. The number of rotatable bonds is 25. The Labute approximate surface area is 777 Å². The summed E-state index contributed by atoms with van der Waals surface area (Å²) in [6.07, 6.45) is 11.1. The third-order valence-corrected chi connectivity index (χ3v) is 24.9. The van der Waals surface area contributed by atoms with E-state index in [9.17, 15) is 47.1 Å². The molecule has 32 heteroatoms. The summed E-state index contributed by atoms with van der Waals surface area (Å²) in [5, 5.41) is 33.2. The first-order chi connectivity index (χ1) is 64.0. The van der Waals surface area contributed by atoms with E-state index in [1.54, 1.807) is 69.6 Å². The van der Waals surface area contributed by atoms with Crippen LogP contribution in [0.3, 0.4) is 0 Å². The van der Waals surface area contributed by atoms with Crippen LogP contribution in [0.25, 0.3) is 45.0 Å². The van der Waals surface area contributed by atoms with E-state index in [1.165, 1.54) is 12.1 Å². The number of nitrogens with two attached hydrogens (primary N) is 7. The summed E-state index contributed by atoms with van der Waals surface area (Å²) in [7, 11) is 1.77. The second kappa shape index (κ2) is 42.3. The lowest BCUT2D eigenvalue weighted by Gasteiger charge is -2.45. The second-order valence-corrected chi connectivity index (χ2v) is 35.8. The van der Waals surface area contributed by atoms with Crippen LogP contribution in [0, 0.1) is 46.3 Å². The van der Waals surface area contributed by atoms with Crippen LogP contribution >= 0.6 is 0 Å². The predicted octanol–water partition coefficient (Wildman–Crippen LogP) is 15.4. The molecule has 16 rings (SSSR count). The van der Waals surface area contributed by atoms with E-state index < -0.39 is 35.3 Å². The van der Waals surface area contributed by atoms with E-state index >= 15 is 0 Å². The molecule has 4 aliphatic rings. The molecule has 30 nitrogen and oxygen atoms in total. The molecule has 12 aromatic rings. The predicted molar refractivity (Wildman–Crippen MR) is 513 cm³/mol. The summed E-state index contributed by atoms with van der Waals surface area (Å²) in [6.45, 7) is 19.8. The van der Waals surface area contributed by atoms with Gasteiger partial charge in [0.15, 0.2) is 0 Å². The molecule has 4 aromatic heterocycles. The molecule has 2 saturated heterocycles. The first kappa shape index (κ1) is 96.9. The Bertz CT molecular complexity index is 6350. The number of benzene rings is 8. The van der Waals surface area contributed by atoms with Crippen molar-refractivity contribution in [2.45, 2.75) is 201 Å². The number of halogens is 2. The lowest BCUT2D eigenvalue weighted by atomic mass is 9.85. The Morgan fingerprint density at radius 2 is 0.701 bits per heavy atom. The van der Waals surface area contributed by atoms with Crippen molar-refractivity contribution in [3.63, 3.8) is 0 Å². The zero-order valence-corrected chi connectivity index (χ0v) is 77.2. The summed E-state index contributed by atoms with van der Waals surface area (Å²) in [5.74, 6) is -3.01. The van der Waals surface area contributed by atoms with Crippen molar-refractivity contribution in [1.29, 1.82) is 0 Å². The number of aromatic nitrogens is 8. The molecule has 700 valence electrons. The maximum absolute atomic E-state index is 14.9. The number of carbonyl (C=O) groups is 8. The zero-order valence-electron chi connectivity index (χ0n) is 77.2. The Kier molecular flexibility index (Phi) is 30.6. The first-order valence-corrected chi connectivity index (χ1v) is 45.0. The molecule has 2 aliphatic heterocycles. The molecule has 19 N–H and O–H groups in total. The van der Waals surface area contributed by atoms with Gasteiger partial charge in [-0.25, -0.2) is 27.5 Å². The summed E-state index contributed by atoms with van der Waals surface area (Å²) in [4.78, 5) is 98.9. The Morgan fingerprint density at radius 3 is 1.07 bits per heavy atom. The highest BCUT2D eigenvalue weighted by atomic mass is 19.1. The average Bonchev–Trinajstić information content (AvgIpc) is 1.59. The van der Waals surface area contributed by atoms with Gasteiger partial charge in [0.05, 0.1) is 35.4 Å². The number of carbonyl (C=O) groups excluding carboxylic acids is 8. The topological polar surface area (TPSA) is 469 Å². The number of hydrogen-bond donors (Lipinski definition) is 12. The molecule has 0 unspecified atom stereocenters. The van der Waals surface area contributed by atoms with E-state index in [2.05, 4.69) is 36.8 Å². The normalized spacial score (nSPS) is 14.8. The number of nitrogens with one attached hydrogen (secondary N) is 5. The van der Waals surface area contributed by atoms with Gasteiger partial charge in [0.1, 0.15) is 79.9 Å². The van der Waals surface area contributed by atoms with Crippen LogP contribution in [0.1, 0.15) is 262 Å². The minimum Gasteiger partial charge on any atom is -0.383 e. The highest BCUT2D eigenvalue weighted by molar-refractivity contribution is 6.06. The molecule has 4 fully saturated rings. The fraction of sp³-hybridized carbons (Fsp3) is 0.333. The highest BCUT2D eigenvalue weighted by Crippen LogP contribution is 2.45. The largest absolute Gasteiger partial charge is 0.383 e. The number of amides is 8. The molecule has 134 heavy (non-hydrogen) atoms. The molecule has 0 radical (unpaired) electrons. The minimum atomic E-state index is -0.697. The van der Waals surface area contributed by atoms with Gasteiger partial charge in [-0.15, -0.1) is 0 Å². The van der Waals surface area contributed by atoms with Gasteiger partial charge in [-0.05, 0) is 183 Å². The van der Waals surface area contributed by atoms with Crippen molar-refractivity contribution < 1.29 is 56.6 Å². The third-order valence-electron chi connectivity index (χ3n) is 24.9. The van der Waals surface area contributed by atoms with Crippen LogP contribution in [0.15, 0.2) is 176 Å². The maximum atomic E-state index is 14.9. The van der Waals surface area contributed by atoms with Gasteiger partial charge < -0.3 is 76.2 Å². The minimum absolute atomic E-state index is 0.0274. The Balaban J connectivity index is 0.000000152. The van der Waals surface area contributed by atoms with E-state index in [4.69, 9.17) is 59.8 Å². The van der Waals surface area contributed by atoms with E-state index in [-0.39, 0.29) is 118 Å². The first-order valence-electron chi connectivity index (χ1n) is 45.0. The molecule has 2 aliphatic carbocycles. The second-order valence-electron chi connectivity index (χ2n) is 35.8. The fourth-order valence-electron chi connectivity index (χ4n) is 18.1.